The predicted molar refractivity (Wildman–Crippen MR) is 73.3 cm³/mol. The van der Waals surface area contributed by atoms with E-state index in [9.17, 15) is 9.18 Å². The van der Waals surface area contributed by atoms with Gasteiger partial charge in [-0.2, -0.15) is 0 Å². The summed E-state index contributed by atoms with van der Waals surface area (Å²) >= 11 is 3.28. The fraction of sp³-hybridized carbons (Fsp3) is 0.462. The van der Waals surface area contributed by atoms with Crippen LogP contribution >= 0.6 is 15.9 Å². The van der Waals surface area contributed by atoms with Gasteiger partial charge in [-0.3, -0.25) is 9.69 Å². The molecule has 2 N–H and O–H groups in total. The molecule has 0 spiro atoms. The number of rotatable bonds is 8. The molecule has 4 nitrogen and oxygen atoms in total. The van der Waals surface area contributed by atoms with E-state index in [0.717, 1.165) is 4.47 Å². The third-order valence-electron chi connectivity index (χ3n) is 2.68. The second kappa shape index (κ2) is 8.24. The number of carboxylic acid groups (broad SMARTS) is 1. The zero-order valence-corrected chi connectivity index (χ0v) is 12.1. The van der Waals surface area contributed by atoms with Gasteiger partial charge in [-0.15, -0.1) is 0 Å². The topological polar surface area (TPSA) is 60.8 Å². The van der Waals surface area contributed by atoms with E-state index in [4.69, 9.17) is 10.2 Å². The van der Waals surface area contributed by atoms with Gasteiger partial charge in [0.1, 0.15) is 5.82 Å². The first kappa shape index (κ1) is 16.1. The average Bonchev–Trinajstić information content (AvgIpc) is 2.33. The second-order valence-electron chi connectivity index (χ2n) is 4.23. The maximum Gasteiger partial charge on any atom is 0.303 e. The summed E-state index contributed by atoms with van der Waals surface area (Å²) in [7, 11) is 0. The van der Waals surface area contributed by atoms with Crippen LogP contribution in [-0.2, 0) is 11.3 Å². The van der Waals surface area contributed by atoms with Crippen molar-refractivity contribution in [3.05, 3.63) is 34.1 Å². The molecule has 0 atom stereocenters. The normalized spacial score (nSPS) is 10.9. The summed E-state index contributed by atoms with van der Waals surface area (Å²) in [6.45, 7) is 1.22. The summed E-state index contributed by atoms with van der Waals surface area (Å²) in [6, 6.07) is 4.70. The molecule has 19 heavy (non-hydrogen) atoms. The minimum atomic E-state index is -0.849. The Kier molecular flexibility index (Phi) is 6.97. The Labute approximate surface area is 120 Å². The molecule has 0 unspecified atom stereocenters. The van der Waals surface area contributed by atoms with Gasteiger partial charge in [0, 0.05) is 29.5 Å². The highest BCUT2D eigenvalue weighted by Gasteiger charge is 2.10. The molecule has 106 valence electrons. The number of hydrogen-bond acceptors (Lipinski definition) is 3. The van der Waals surface area contributed by atoms with Gasteiger partial charge in [-0.1, -0.05) is 15.9 Å². The van der Waals surface area contributed by atoms with Crippen molar-refractivity contribution >= 4 is 21.9 Å². The maximum atomic E-state index is 13.6. The van der Waals surface area contributed by atoms with Crippen molar-refractivity contribution in [3.63, 3.8) is 0 Å². The molecule has 0 heterocycles. The van der Waals surface area contributed by atoms with Crippen molar-refractivity contribution < 1.29 is 19.4 Å². The van der Waals surface area contributed by atoms with E-state index < -0.39 is 5.97 Å². The average molecular weight is 334 g/mol. The minimum absolute atomic E-state index is 0.0390. The predicted octanol–water partition coefficient (Wildman–Crippen LogP) is 2.25. The van der Waals surface area contributed by atoms with Crippen LogP contribution in [0.3, 0.4) is 0 Å². The number of aliphatic hydroxyl groups is 1. The summed E-state index contributed by atoms with van der Waals surface area (Å²) in [6.07, 6.45) is 0.549. The standard InChI is InChI=1S/C13H17BrFNO3/c14-11-3-4-12(15)10(8-11)9-16(6-7-17)5-1-2-13(18)19/h3-4,8,17H,1-2,5-7,9H2,(H,18,19). The van der Waals surface area contributed by atoms with Crippen LogP contribution in [0, 0.1) is 5.82 Å². The monoisotopic (exact) mass is 333 g/mol. The molecule has 0 aliphatic carbocycles. The number of aliphatic carboxylic acids is 1. The quantitative estimate of drug-likeness (QED) is 0.766. The van der Waals surface area contributed by atoms with E-state index in [0.29, 0.717) is 31.6 Å². The molecule has 1 rings (SSSR count). The van der Waals surface area contributed by atoms with Crippen molar-refractivity contribution in [2.45, 2.75) is 19.4 Å². The number of aliphatic hydroxyl groups excluding tert-OH is 1. The summed E-state index contributed by atoms with van der Waals surface area (Å²) in [5, 5.41) is 17.6. The highest BCUT2D eigenvalue weighted by Crippen LogP contribution is 2.17. The molecule has 0 saturated heterocycles. The lowest BCUT2D eigenvalue weighted by molar-refractivity contribution is -0.137. The van der Waals surface area contributed by atoms with Crippen molar-refractivity contribution in [1.82, 2.24) is 4.90 Å². The molecule has 1 aromatic carbocycles. The molecule has 0 bridgehead atoms. The van der Waals surface area contributed by atoms with Gasteiger partial charge in [0.05, 0.1) is 6.61 Å². The smallest absolute Gasteiger partial charge is 0.303 e. The molecular weight excluding hydrogens is 317 g/mol. The van der Waals surface area contributed by atoms with Crippen LogP contribution in [0.2, 0.25) is 0 Å². The zero-order valence-electron chi connectivity index (χ0n) is 10.5. The maximum absolute atomic E-state index is 13.6. The van der Waals surface area contributed by atoms with E-state index in [2.05, 4.69) is 15.9 Å². The lowest BCUT2D eigenvalue weighted by Crippen LogP contribution is -2.28. The third kappa shape index (κ3) is 6.13. The first-order valence-corrected chi connectivity index (χ1v) is 6.81. The Balaban J connectivity index is 2.61. The Bertz CT molecular complexity index is 428. The molecule has 0 aliphatic heterocycles. The van der Waals surface area contributed by atoms with Gasteiger partial charge in [-0.25, -0.2) is 4.39 Å². The molecule has 6 heteroatoms. The molecule has 0 radical (unpaired) electrons. The Hall–Kier alpha value is -0.980. The van der Waals surface area contributed by atoms with Crippen LogP contribution in [0.15, 0.2) is 22.7 Å². The number of benzene rings is 1. The number of carboxylic acids is 1. The van der Waals surface area contributed by atoms with E-state index in [1.807, 2.05) is 4.90 Å². The van der Waals surface area contributed by atoms with Crippen LogP contribution in [0.1, 0.15) is 18.4 Å². The highest BCUT2D eigenvalue weighted by molar-refractivity contribution is 9.10. The lowest BCUT2D eigenvalue weighted by Gasteiger charge is -2.21. The van der Waals surface area contributed by atoms with Gasteiger partial charge in [0.2, 0.25) is 0 Å². The number of carbonyl (C=O) groups is 1. The molecular formula is C13H17BrFNO3. The molecule has 0 fully saturated rings. The van der Waals surface area contributed by atoms with Crippen molar-refractivity contribution in [2.75, 3.05) is 19.7 Å². The van der Waals surface area contributed by atoms with Gasteiger partial charge < -0.3 is 10.2 Å². The van der Waals surface area contributed by atoms with Crippen molar-refractivity contribution in [1.29, 1.82) is 0 Å². The molecule has 0 amide bonds. The molecule has 0 saturated carbocycles. The summed E-state index contributed by atoms with van der Waals surface area (Å²) in [5.74, 6) is -1.15. The first-order chi connectivity index (χ1) is 9.02. The van der Waals surface area contributed by atoms with Gasteiger partial charge >= 0.3 is 5.97 Å². The van der Waals surface area contributed by atoms with Crippen LogP contribution in [0.25, 0.3) is 0 Å². The number of halogens is 2. The SMILES string of the molecule is O=C(O)CCCN(CCO)Cc1cc(Br)ccc1F. The van der Waals surface area contributed by atoms with Gasteiger partial charge in [0.25, 0.3) is 0 Å². The summed E-state index contributed by atoms with van der Waals surface area (Å²) in [4.78, 5) is 12.3. The molecule has 1 aromatic rings. The van der Waals surface area contributed by atoms with Gasteiger partial charge in [0.15, 0.2) is 0 Å². The largest absolute Gasteiger partial charge is 0.481 e. The Morgan fingerprint density at radius 2 is 2.11 bits per heavy atom. The van der Waals surface area contributed by atoms with E-state index in [1.54, 1.807) is 12.1 Å². The Morgan fingerprint density at radius 1 is 1.37 bits per heavy atom. The van der Waals surface area contributed by atoms with Crippen LogP contribution < -0.4 is 0 Å². The minimum Gasteiger partial charge on any atom is -0.481 e. The number of hydrogen-bond donors (Lipinski definition) is 2. The summed E-state index contributed by atoms with van der Waals surface area (Å²) in [5.41, 5.74) is 0.526. The first-order valence-electron chi connectivity index (χ1n) is 6.02. The second-order valence-corrected chi connectivity index (χ2v) is 5.15. The number of nitrogens with zero attached hydrogens (tertiary/aromatic N) is 1. The van der Waals surface area contributed by atoms with Crippen LogP contribution in [0.5, 0.6) is 0 Å². The lowest BCUT2D eigenvalue weighted by atomic mass is 10.2. The third-order valence-corrected chi connectivity index (χ3v) is 3.18. The Morgan fingerprint density at radius 3 is 2.74 bits per heavy atom. The van der Waals surface area contributed by atoms with E-state index >= 15 is 0 Å². The highest BCUT2D eigenvalue weighted by atomic mass is 79.9. The molecule has 0 aromatic heterocycles. The molecule has 0 aliphatic rings. The fourth-order valence-corrected chi connectivity index (χ4v) is 2.18. The summed E-state index contributed by atoms with van der Waals surface area (Å²) < 4.78 is 14.4. The van der Waals surface area contributed by atoms with E-state index in [1.165, 1.54) is 6.07 Å². The van der Waals surface area contributed by atoms with E-state index in [-0.39, 0.29) is 18.8 Å². The fourth-order valence-electron chi connectivity index (χ4n) is 1.77. The van der Waals surface area contributed by atoms with Crippen LogP contribution in [-0.4, -0.2) is 40.8 Å². The van der Waals surface area contributed by atoms with Crippen molar-refractivity contribution in [2.24, 2.45) is 0 Å². The van der Waals surface area contributed by atoms with Crippen molar-refractivity contribution in [3.8, 4) is 0 Å². The van der Waals surface area contributed by atoms with Crippen LogP contribution in [0.4, 0.5) is 4.39 Å². The van der Waals surface area contributed by atoms with Gasteiger partial charge in [-0.05, 0) is 31.2 Å². The zero-order chi connectivity index (χ0) is 14.3.